The zero-order chi connectivity index (χ0) is 15.7. The van der Waals surface area contributed by atoms with Gasteiger partial charge in [-0.2, -0.15) is 0 Å². The van der Waals surface area contributed by atoms with Gasteiger partial charge in [0.1, 0.15) is 11.6 Å². The molecule has 1 aliphatic carbocycles. The van der Waals surface area contributed by atoms with Gasteiger partial charge in [0.05, 0.1) is 0 Å². The van der Waals surface area contributed by atoms with Gasteiger partial charge in [-0.15, -0.1) is 0 Å². The largest absolute Gasteiger partial charge is 0.508 e. The average molecular weight is 291 g/mol. The van der Waals surface area contributed by atoms with Gasteiger partial charge in [-0.25, -0.2) is 9.87 Å². The molecule has 0 aliphatic heterocycles. The molecule has 1 aliphatic rings. The van der Waals surface area contributed by atoms with Crippen LogP contribution in [-0.2, 0) is 12.8 Å². The van der Waals surface area contributed by atoms with Crippen molar-refractivity contribution >= 4 is 0 Å². The number of nitrogens with one attached hydrogen (secondary N) is 1. The van der Waals surface area contributed by atoms with E-state index in [1.807, 2.05) is 31.2 Å². The van der Waals surface area contributed by atoms with Crippen molar-refractivity contribution in [3.05, 3.63) is 65.0 Å². The summed E-state index contributed by atoms with van der Waals surface area (Å²) in [6, 6.07) is 12.4. The highest BCUT2D eigenvalue weighted by Crippen LogP contribution is 2.21. The van der Waals surface area contributed by atoms with Gasteiger partial charge in [0.2, 0.25) is 0 Å². The topological polar surface area (TPSA) is 52.5 Å². The summed E-state index contributed by atoms with van der Waals surface area (Å²) in [5.74, 6) is 0.271. The Morgan fingerprint density at radius 2 is 1.67 bits per heavy atom. The molecule has 0 saturated heterocycles. The van der Waals surface area contributed by atoms with E-state index in [1.165, 1.54) is 24.6 Å². The number of fused-ring (bicyclic) bond motifs is 1. The van der Waals surface area contributed by atoms with Crippen LogP contribution in [0.1, 0.15) is 23.1 Å². The fraction of sp³-hybridized carbons (Fsp3) is 0.294. The van der Waals surface area contributed by atoms with Gasteiger partial charge in [-0.3, -0.25) is 0 Å². The number of hydroxylamine groups is 1. The Morgan fingerprint density at radius 3 is 2.24 bits per heavy atom. The number of para-hydroxylation sites is 1. The zero-order valence-corrected chi connectivity index (χ0v) is 12.4. The molecule has 2 aromatic carbocycles. The number of benzene rings is 2. The zero-order valence-electron chi connectivity index (χ0n) is 12.4. The quantitative estimate of drug-likeness (QED) is 0.650. The summed E-state index contributed by atoms with van der Waals surface area (Å²) in [5.41, 5.74) is 5.22. The van der Waals surface area contributed by atoms with Crippen molar-refractivity contribution in [3.63, 3.8) is 0 Å². The van der Waals surface area contributed by atoms with E-state index in [9.17, 15) is 4.39 Å². The maximum Gasteiger partial charge on any atom is 0.123 e. The number of halogens is 1. The molecule has 0 amide bonds. The van der Waals surface area contributed by atoms with Gasteiger partial charge >= 0.3 is 0 Å². The number of aromatic hydroxyl groups is 1. The first-order chi connectivity index (χ1) is 10.1. The third-order valence-electron chi connectivity index (χ3n) is 3.18. The first-order valence-electron chi connectivity index (χ1n) is 6.91. The van der Waals surface area contributed by atoms with Crippen LogP contribution in [0.5, 0.6) is 5.75 Å². The molecule has 3 nitrogen and oxygen atoms in total. The maximum atomic E-state index is 12.6. The Morgan fingerprint density at radius 1 is 1.05 bits per heavy atom. The Labute approximate surface area is 125 Å². The number of aryl methyl sites for hydroxylation is 3. The highest BCUT2D eigenvalue weighted by Gasteiger charge is 2.09. The monoisotopic (exact) mass is 291 g/mol. The van der Waals surface area contributed by atoms with Crippen LogP contribution < -0.4 is 5.48 Å². The van der Waals surface area contributed by atoms with E-state index in [1.54, 1.807) is 23.7 Å². The van der Waals surface area contributed by atoms with Crippen LogP contribution in [-0.4, -0.2) is 17.4 Å². The number of phenolic OH excluding ortho intramolecular Hbond substituents is 1. The van der Waals surface area contributed by atoms with Gasteiger partial charge in [-0.1, -0.05) is 24.3 Å². The number of hydrogen-bond acceptors (Lipinski definition) is 3. The first kappa shape index (κ1) is 17.1. The molecule has 0 fully saturated rings. The highest BCUT2D eigenvalue weighted by molar-refractivity contribution is 5.31. The molecule has 0 bridgehead atoms. The third kappa shape index (κ3) is 5.94. The predicted octanol–water partition coefficient (Wildman–Crippen LogP) is 3.61. The van der Waals surface area contributed by atoms with Crippen LogP contribution in [0.4, 0.5) is 4.39 Å². The van der Waals surface area contributed by atoms with E-state index in [4.69, 9.17) is 10.3 Å². The molecule has 3 N–H and O–H groups in total. The summed E-state index contributed by atoms with van der Waals surface area (Å²) in [4.78, 5) is 0. The van der Waals surface area contributed by atoms with Crippen LogP contribution in [0.3, 0.4) is 0 Å². The normalized spacial score (nSPS) is 11.6. The van der Waals surface area contributed by atoms with E-state index in [0.717, 1.165) is 18.4 Å². The lowest BCUT2D eigenvalue weighted by atomic mass is 10.1. The van der Waals surface area contributed by atoms with Gasteiger partial charge in [0.25, 0.3) is 0 Å². The lowest BCUT2D eigenvalue weighted by Crippen LogP contribution is -1.91. The molecule has 0 saturated carbocycles. The van der Waals surface area contributed by atoms with Crippen LogP contribution in [0, 0.1) is 12.7 Å². The Balaban J connectivity index is 0.000000181. The molecule has 0 spiro atoms. The van der Waals surface area contributed by atoms with Gasteiger partial charge in [-0.05, 0) is 61.1 Å². The van der Waals surface area contributed by atoms with Crippen molar-refractivity contribution in [2.24, 2.45) is 0 Å². The van der Waals surface area contributed by atoms with Gasteiger partial charge in [0.15, 0.2) is 0 Å². The van der Waals surface area contributed by atoms with Gasteiger partial charge < -0.3 is 10.3 Å². The molecule has 0 heterocycles. The molecule has 0 radical (unpaired) electrons. The van der Waals surface area contributed by atoms with Crippen molar-refractivity contribution in [2.75, 3.05) is 7.05 Å². The van der Waals surface area contributed by atoms with E-state index in [2.05, 4.69) is 0 Å². The van der Waals surface area contributed by atoms with Crippen LogP contribution in [0.15, 0.2) is 42.5 Å². The van der Waals surface area contributed by atoms with Crippen LogP contribution in [0.25, 0.3) is 0 Å². The van der Waals surface area contributed by atoms with E-state index < -0.39 is 0 Å². The van der Waals surface area contributed by atoms with Gasteiger partial charge in [0, 0.05) is 7.05 Å². The third-order valence-corrected chi connectivity index (χ3v) is 3.18. The minimum absolute atomic E-state index is 0.0966. The predicted molar refractivity (Wildman–Crippen MR) is 82.1 cm³/mol. The lowest BCUT2D eigenvalue weighted by Gasteiger charge is -1.95. The Bertz CT molecular complexity index is 537. The summed E-state index contributed by atoms with van der Waals surface area (Å²) in [6.07, 6.45) is 3.39. The number of rotatable bonds is 0. The standard InChI is InChI=1S/C9H9F.C7H8O.CH5NO/c10-9-5-4-7-2-1-3-8(7)6-9;1-6-4-2-3-5-7(6)8;1-2-3/h4-6H,1-3H2;2-5,8H,1H3;2-3H,1H3. The minimum Gasteiger partial charge on any atom is -0.508 e. The lowest BCUT2D eigenvalue weighted by molar-refractivity contribution is 0.194. The van der Waals surface area contributed by atoms with E-state index in [0.29, 0.717) is 5.75 Å². The number of hydrogen-bond donors (Lipinski definition) is 3. The summed E-state index contributed by atoms with van der Waals surface area (Å²) in [7, 11) is 1.43. The molecular formula is C17H22FNO2. The molecule has 114 valence electrons. The molecule has 0 atom stereocenters. The average Bonchev–Trinajstić information content (AvgIpc) is 2.91. The van der Waals surface area contributed by atoms with E-state index >= 15 is 0 Å². The van der Waals surface area contributed by atoms with Crippen molar-refractivity contribution in [1.82, 2.24) is 5.48 Å². The molecule has 3 rings (SSSR count). The Hall–Kier alpha value is -1.91. The summed E-state index contributed by atoms with van der Waals surface area (Å²) in [6.45, 7) is 1.87. The van der Waals surface area contributed by atoms with Crippen LogP contribution in [0.2, 0.25) is 0 Å². The van der Waals surface area contributed by atoms with Crippen LogP contribution >= 0.6 is 0 Å². The molecule has 2 aromatic rings. The smallest absolute Gasteiger partial charge is 0.123 e. The maximum absolute atomic E-state index is 12.6. The fourth-order valence-corrected chi connectivity index (χ4v) is 2.10. The molecule has 0 unspecified atom stereocenters. The molecular weight excluding hydrogens is 269 g/mol. The van der Waals surface area contributed by atoms with E-state index in [-0.39, 0.29) is 5.82 Å². The fourth-order valence-electron chi connectivity index (χ4n) is 2.10. The van der Waals surface area contributed by atoms with Crippen molar-refractivity contribution in [3.8, 4) is 5.75 Å². The minimum atomic E-state index is -0.0966. The SMILES string of the molecule is CNO.Cc1ccccc1O.Fc1ccc2c(c1)CCC2. The second-order valence-electron chi connectivity index (χ2n) is 4.78. The molecule has 0 aromatic heterocycles. The summed E-state index contributed by atoms with van der Waals surface area (Å²) in [5, 5.41) is 16.2. The summed E-state index contributed by atoms with van der Waals surface area (Å²) >= 11 is 0. The molecule has 21 heavy (non-hydrogen) atoms. The van der Waals surface area contributed by atoms with Crippen molar-refractivity contribution in [1.29, 1.82) is 0 Å². The first-order valence-corrected chi connectivity index (χ1v) is 6.91. The Kier molecular flexibility index (Phi) is 7.43. The van der Waals surface area contributed by atoms with Crippen molar-refractivity contribution < 1.29 is 14.7 Å². The highest BCUT2D eigenvalue weighted by atomic mass is 19.1. The second kappa shape index (κ2) is 9.10. The number of phenols is 1. The summed E-state index contributed by atoms with van der Waals surface area (Å²) < 4.78 is 12.6. The second-order valence-corrected chi connectivity index (χ2v) is 4.78. The molecule has 4 heteroatoms. The van der Waals surface area contributed by atoms with Crippen molar-refractivity contribution in [2.45, 2.75) is 26.2 Å².